The Morgan fingerprint density at radius 1 is 1.40 bits per heavy atom. The minimum absolute atomic E-state index is 0.580. The number of aliphatic hydroxyl groups is 1. The minimum atomic E-state index is -0.582. The smallest absolute Gasteiger partial charge is 0.169 e. The van der Waals surface area contributed by atoms with E-state index in [2.05, 4.69) is 31.9 Å². The first kappa shape index (κ1) is 11.4. The van der Waals surface area contributed by atoms with Crippen molar-refractivity contribution in [2.24, 2.45) is 0 Å². The highest BCUT2D eigenvalue weighted by molar-refractivity contribution is 9.10. The molecule has 1 N–H and O–H groups in total. The van der Waals surface area contributed by atoms with Crippen molar-refractivity contribution in [1.82, 2.24) is 0 Å². The van der Waals surface area contributed by atoms with Crippen LogP contribution in [0.1, 0.15) is 16.7 Å². The van der Waals surface area contributed by atoms with Crippen molar-refractivity contribution in [3.8, 4) is 0 Å². The van der Waals surface area contributed by atoms with Gasteiger partial charge in [0, 0.05) is 21.2 Å². The maximum absolute atomic E-state index is 9.87. The third kappa shape index (κ3) is 2.93. The van der Waals surface area contributed by atoms with Gasteiger partial charge in [0.1, 0.15) is 11.9 Å². The standard InChI is InChI=1S/C10H8Br2O2S/c11-6-3-7(15-5-6)4-8(13)9-1-2-10(12)14-9/h1-3,5,8,13H,4H2. The van der Waals surface area contributed by atoms with Crippen LogP contribution in [0.2, 0.25) is 0 Å². The zero-order chi connectivity index (χ0) is 10.8. The summed E-state index contributed by atoms with van der Waals surface area (Å²) >= 11 is 8.21. The number of hydrogen-bond acceptors (Lipinski definition) is 3. The molecule has 0 aliphatic rings. The molecule has 0 fully saturated rings. The first-order valence-corrected chi connectivity index (χ1v) is 6.78. The molecule has 0 radical (unpaired) electrons. The highest BCUT2D eigenvalue weighted by atomic mass is 79.9. The summed E-state index contributed by atoms with van der Waals surface area (Å²) in [5.74, 6) is 0.589. The van der Waals surface area contributed by atoms with Crippen molar-refractivity contribution in [1.29, 1.82) is 0 Å². The third-order valence-electron chi connectivity index (χ3n) is 1.94. The van der Waals surface area contributed by atoms with Gasteiger partial charge >= 0.3 is 0 Å². The highest BCUT2D eigenvalue weighted by Gasteiger charge is 2.13. The molecule has 15 heavy (non-hydrogen) atoms. The molecule has 2 aromatic rings. The summed E-state index contributed by atoms with van der Waals surface area (Å²) < 4.78 is 6.98. The number of hydrogen-bond donors (Lipinski definition) is 1. The molecule has 5 heteroatoms. The van der Waals surface area contributed by atoms with Gasteiger partial charge in [0.05, 0.1) is 0 Å². The molecule has 0 bridgehead atoms. The van der Waals surface area contributed by atoms with E-state index in [-0.39, 0.29) is 0 Å². The van der Waals surface area contributed by atoms with Crippen LogP contribution in [-0.2, 0) is 6.42 Å². The number of aliphatic hydroxyl groups excluding tert-OH is 1. The van der Waals surface area contributed by atoms with Gasteiger partial charge in [-0.05, 0) is 50.1 Å². The molecule has 1 atom stereocenters. The zero-order valence-corrected chi connectivity index (χ0v) is 11.6. The second-order valence-corrected chi connectivity index (χ2v) is 5.79. The first-order valence-electron chi connectivity index (χ1n) is 4.31. The van der Waals surface area contributed by atoms with Crippen LogP contribution in [0, 0.1) is 0 Å². The number of rotatable bonds is 3. The van der Waals surface area contributed by atoms with Gasteiger partial charge in [-0.1, -0.05) is 0 Å². The highest BCUT2D eigenvalue weighted by Crippen LogP contribution is 2.27. The van der Waals surface area contributed by atoms with Gasteiger partial charge in [0.2, 0.25) is 0 Å². The van der Waals surface area contributed by atoms with Gasteiger partial charge in [0.25, 0.3) is 0 Å². The van der Waals surface area contributed by atoms with Crippen LogP contribution in [0.3, 0.4) is 0 Å². The lowest BCUT2D eigenvalue weighted by molar-refractivity contribution is 0.149. The van der Waals surface area contributed by atoms with Crippen LogP contribution in [0.4, 0.5) is 0 Å². The Morgan fingerprint density at radius 2 is 2.20 bits per heavy atom. The van der Waals surface area contributed by atoms with E-state index in [0.29, 0.717) is 16.9 Å². The van der Waals surface area contributed by atoms with Crippen LogP contribution < -0.4 is 0 Å². The van der Waals surface area contributed by atoms with E-state index >= 15 is 0 Å². The Hall–Kier alpha value is -0.100. The van der Waals surface area contributed by atoms with Crippen LogP contribution in [0.5, 0.6) is 0 Å². The molecule has 2 aromatic heterocycles. The van der Waals surface area contributed by atoms with Gasteiger partial charge in [-0.15, -0.1) is 11.3 Å². The zero-order valence-electron chi connectivity index (χ0n) is 7.61. The van der Waals surface area contributed by atoms with E-state index < -0.39 is 6.10 Å². The van der Waals surface area contributed by atoms with Crippen molar-refractivity contribution < 1.29 is 9.52 Å². The van der Waals surface area contributed by atoms with Crippen LogP contribution in [0.25, 0.3) is 0 Å². The third-order valence-corrected chi connectivity index (χ3v) is 4.08. The molecule has 2 nitrogen and oxygen atoms in total. The fourth-order valence-corrected chi connectivity index (χ4v) is 3.07. The Kier molecular flexibility index (Phi) is 3.66. The molecule has 2 rings (SSSR count). The van der Waals surface area contributed by atoms with Gasteiger partial charge in [0.15, 0.2) is 4.67 Å². The summed E-state index contributed by atoms with van der Waals surface area (Å²) in [5, 5.41) is 11.9. The van der Waals surface area contributed by atoms with Gasteiger partial charge in [-0.3, -0.25) is 0 Å². The van der Waals surface area contributed by atoms with Gasteiger partial charge in [-0.25, -0.2) is 0 Å². The first-order chi connectivity index (χ1) is 7.15. The maximum Gasteiger partial charge on any atom is 0.169 e. The lowest BCUT2D eigenvalue weighted by Gasteiger charge is -2.04. The average Bonchev–Trinajstić information content (AvgIpc) is 2.75. The Balaban J connectivity index is 2.06. The number of halogens is 2. The average molecular weight is 352 g/mol. The molecular weight excluding hydrogens is 344 g/mol. The fourth-order valence-electron chi connectivity index (χ4n) is 1.26. The second-order valence-electron chi connectivity index (χ2n) is 3.09. The second kappa shape index (κ2) is 4.82. The molecule has 0 amide bonds. The SMILES string of the molecule is OC(Cc1cc(Br)cs1)c1ccc(Br)o1. The predicted molar refractivity (Wildman–Crippen MR) is 67.1 cm³/mol. The molecule has 1 unspecified atom stereocenters. The van der Waals surface area contributed by atoms with E-state index in [9.17, 15) is 5.11 Å². The monoisotopic (exact) mass is 350 g/mol. The molecule has 0 aliphatic heterocycles. The maximum atomic E-state index is 9.87. The van der Waals surface area contributed by atoms with E-state index in [4.69, 9.17) is 4.42 Å². The molecule has 0 spiro atoms. The van der Waals surface area contributed by atoms with Gasteiger partial charge in [-0.2, -0.15) is 0 Å². The minimum Gasteiger partial charge on any atom is -0.452 e. The lowest BCUT2D eigenvalue weighted by Crippen LogP contribution is -1.98. The Morgan fingerprint density at radius 3 is 2.73 bits per heavy atom. The summed E-state index contributed by atoms with van der Waals surface area (Å²) in [7, 11) is 0. The summed E-state index contributed by atoms with van der Waals surface area (Å²) in [6, 6.07) is 5.56. The molecule has 2 heterocycles. The van der Waals surface area contributed by atoms with Crippen molar-refractivity contribution >= 4 is 43.2 Å². The summed E-state index contributed by atoms with van der Waals surface area (Å²) in [5.41, 5.74) is 0. The van der Waals surface area contributed by atoms with Crippen LogP contribution >= 0.6 is 43.2 Å². The number of thiophene rings is 1. The summed E-state index contributed by atoms with van der Waals surface area (Å²) in [6.07, 6.45) is -0.00204. The van der Waals surface area contributed by atoms with Crippen molar-refractivity contribution in [2.75, 3.05) is 0 Å². The molecule has 0 aliphatic carbocycles. The van der Waals surface area contributed by atoms with Crippen molar-refractivity contribution in [3.63, 3.8) is 0 Å². The molecular formula is C10H8Br2O2S. The normalized spacial score (nSPS) is 13.0. The molecule has 0 saturated carbocycles. The van der Waals surface area contributed by atoms with Crippen molar-refractivity contribution in [3.05, 3.63) is 43.4 Å². The largest absolute Gasteiger partial charge is 0.452 e. The molecule has 0 saturated heterocycles. The molecule has 0 aromatic carbocycles. The van der Waals surface area contributed by atoms with Crippen LogP contribution in [0.15, 0.2) is 37.1 Å². The topological polar surface area (TPSA) is 33.4 Å². The lowest BCUT2D eigenvalue weighted by atomic mass is 10.2. The molecule has 80 valence electrons. The van der Waals surface area contributed by atoms with E-state index in [1.54, 1.807) is 23.5 Å². The van der Waals surface area contributed by atoms with Crippen LogP contribution in [-0.4, -0.2) is 5.11 Å². The van der Waals surface area contributed by atoms with Gasteiger partial charge < -0.3 is 9.52 Å². The fraction of sp³-hybridized carbons (Fsp3) is 0.200. The quantitative estimate of drug-likeness (QED) is 0.901. The Bertz CT molecular complexity index is 450. The van der Waals surface area contributed by atoms with E-state index in [1.165, 1.54) is 0 Å². The van der Waals surface area contributed by atoms with E-state index in [1.807, 2.05) is 11.4 Å². The van der Waals surface area contributed by atoms with E-state index in [0.717, 1.165) is 9.35 Å². The predicted octanol–water partition coefficient (Wildman–Crippen LogP) is 4.14. The summed E-state index contributed by atoms with van der Waals surface area (Å²) in [6.45, 7) is 0. The van der Waals surface area contributed by atoms with Crippen molar-refractivity contribution in [2.45, 2.75) is 12.5 Å². The summed E-state index contributed by atoms with van der Waals surface area (Å²) in [4.78, 5) is 1.13. The Labute approximate surface area is 108 Å². The number of furan rings is 1.